The summed E-state index contributed by atoms with van der Waals surface area (Å²) >= 11 is 0. The van der Waals surface area contributed by atoms with Gasteiger partial charge in [-0.05, 0) is 336 Å². The highest BCUT2D eigenvalue weighted by atomic mass is 16.5. The maximum atomic E-state index is 13.5. The topological polar surface area (TPSA) is 105 Å². The van der Waals surface area contributed by atoms with Crippen LogP contribution in [0.15, 0.2) is 388 Å². The molecule has 0 radical (unpaired) electrons. The molecule has 16 rings (SSSR count). The maximum absolute atomic E-state index is 13.5. The second-order valence-electron chi connectivity index (χ2n) is 30.2. The number of ether oxygens (including phenoxy) is 4. The highest BCUT2D eigenvalue weighted by Crippen LogP contribution is 2.48. The molecule has 0 saturated carbocycles. The molecule has 0 aliphatic carbocycles. The van der Waals surface area contributed by atoms with Gasteiger partial charge in [-0.15, -0.1) is 51.4 Å². The van der Waals surface area contributed by atoms with Crippen LogP contribution in [-0.4, -0.2) is 23.9 Å². The normalized spacial score (nSPS) is 10.2. The summed E-state index contributed by atoms with van der Waals surface area (Å²) in [6, 6.07) is 119. The number of esters is 4. The molecule has 16 aromatic carbocycles. The predicted molar refractivity (Wildman–Crippen MR) is 528 cm³/mol. The summed E-state index contributed by atoms with van der Waals surface area (Å²) in [5.41, 5.74) is 18.7. The van der Waals surface area contributed by atoms with Crippen LogP contribution in [0.1, 0.15) is 175 Å². The zero-order valence-corrected chi connectivity index (χ0v) is 71.8. The molecule has 0 aliphatic heterocycles. The van der Waals surface area contributed by atoms with Gasteiger partial charge < -0.3 is 18.9 Å². The van der Waals surface area contributed by atoms with Crippen molar-refractivity contribution in [2.24, 2.45) is 0 Å². The second-order valence-corrected chi connectivity index (χ2v) is 30.2. The summed E-state index contributed by atoms with van der Waals surface area (Å²) in [7, 11) is 0. The Morgan fingerprint density at radius 3 is 0.381 bits per heavy atom. The molecule has 0 spiro atoms. The standard InChI is InChI=1S/C65H36.C61H36O8/c1-5-49-9-17-53(18-10-49)25-29-57-33-41-61(42-34-57)65(62-43-35-58(36-44-62)30-26-54-19-11-50(6-2)12-20-54,63-45-37-59(38-46-63)31-27-55-21-13-51(7-3)14-22-55)64-47-39-60(40-48-64)32-28-56-23-15-52(8-4)16-24-56;1-5-41-9-33-53(34-10-41)66-57(62)45-17-25-49(26-18-45)61(50-27-19-46(20-28-50)58(63)67-54-35-11-42(6-2)12-36-54,51-29-21-47(22-30-51)59(64)68-55-37-13-43(7-3)14-38-55)52-31-23-48(24-32-52)60(65)69-56-39-15-44(8-4)16-40-56/h1-4,9-24,33-48H;1-4,9-40H. The Bertz CT molecular complexity index is 6790. The van der Waals surface area contributed by atoms with Gasteiger partial charge in [0.2, 0.25) is 0 Å². The molecule has 134 heavy (non-hydrogen) atoms. The third-order valence-electron chi connectivity index (χ3n) is 22.0. The van der Waals surface area contributed by atoms with Crippen molar-refractivity contribution in [3.63, 3.8) is 0 Å². The van der Waals surface area contributed by atoms with Crippen LogP contribution in [0.5, 0.6) is 23.0 Å². The summed E-state index contributed by atoms with van der Waals surface area (Å²) in [5, 5.41) is 0. The molecule has 624 valence electrons. The number of terminal acetylenes is 8. The van der Waals surface area contributed by atoms with Crippen molar-refractivity contribution in [1.29, 1.82) is 0 Å². The van der Waals surface area contributed by atoms with Gasteiger partial charge >= 0.3 is 23.9 Å². The van der Waals surface area contributed by atoms with Gasteiger partial charge in [0.15, 0.2) is 0 Å². The van der Waals surface area contributed by atoms with Crippen molar-refractivity contribution in [2.45, 2.75) is 10.8 Å². The first-order chi connectivity index (χ1) is 65.5. The highest BCUT2D eigenvalue weighted by molar-refractivity contribution is 5.94. The molecule has 8 heteroatoms. The molecule has 0 fully saturated rings. The Balaban J connectivity index is 0.000000205. The smallest absolute Gasteiger partial charge is 0.343 e. The summed E-state index contributed by atoms with van der Waals surface area (Å²) < 4.78 is 22.7. The van der Waals surface area contributed by atoms with E-state index in [-0.39, 0.29) is 22.3 Å². The summed E-state index contributed by atoms with van der Waals surface area (Å²) in [6.07, 6.45) is 44.3. The van der Waals surface area contributed by atoms with E-state index in [1.807, 2.05) is 97.1 Å². The maximum Gasteiger partial charge on any atom is 0.343 e. The first kappa shape index (κ1) is 89.0. The van der Waals surface area contributed by atoms with Crippen LogP contribution in [0, 0.1) is 146 Å². The Hall–Kier alpha value is -19.9. The Kier molecular flexibility index (Phi) is 27.8. The zero-order valence-electron chi connectivity index (χ0n) is 71.8. The van der Waals surface area contributed by atoms with E-state index in [0.717, 1.165) is 89.0 Å². The Morgan fingerprint density at radius 2 is 0.254 bits per heavy atom. The third kappa shape index (κ3) is 21.1. The Labute approximate surface area is 780 Å². The molecule has 0 aromatic heterocycles. The summed E-state index contributed by atoms with van der Waals surface area (Å²) in [4.78, 5) is 54.1. The minimum atomic E-state index is -1.25. The van der Waals surface area contributed by atoms with Crippen molar-refractivity contribution in [1.82, 2.24) is 0 Å². The average Bonchev–Trinajstić information content (AvgIpc) is 0.733. The van der Waals surface area contributed by atoms with Gasteiger partial charge in [-0.1, -0.05) is 192 Å². The summed E-state index contributed by atoms with van der Waals surface area (Å²) in [5.74, 6) is 46.2. The zero-order chi connectivity index (χ0) is 93.2. The lowest BCUT2D eigenvalue weighted by Crippen LogP contribution is -2.31. The fourth-order valence-electron chi connectivity index (χ4n) is 15.0. The lowest BCUT2D eigenvalue weighted by Gasteiger charge is -2.37. The molecule has 0 aliphatic rings. The molecule has 0 heterocycles. The quantitative estimate of drug-likeness (QED) is 0.0408. The van der Waals surface area contributed by atoms with E-state index >= 15 is 0 Å². The monoisotopic (exact) mass is 1710 g/mol. The number of carbonyl (C=O) groups excluding carboxylic acids is 4. The van der Waals surface area contributed by atoms with Crippen LogP contribution in [0.25, 0.3) is 0 Å². The van der Waals surface area contributed by atoms with E-state index in [4.69, 9.17) is 70.3 Å². The van der Waals surface area contributed by atoms with Crippen LogP contribution in [0.2, 0.25) is 0 Å². The molecule has 0 saturated heterocycles. The molecule has 0 bridgehead atoms. The molecule has 0 amide bonds. The van der Waals surface area contributed by atoms with Crippen molar-refractivity contribution in [3.05, 3.63) is 544 Å². The molecular weight excluding hydrogens is 1640 g/mol. The molecule has 8 nitrogen and oxygen atoms in total. The fourth-order valence-corrected chi connectivity index (χ4v) is 15.0. The van der Waals surface area contributed by atoms with Crippen molar-refractivity contribution in [2.75, 3.05) is 0 Å². The van der Waals surface area contributed by atoms with Crippen LogP contribution in [0.4, 0.5) is 0 Å². The molecule has 16 aromatic rings. The van der Waals surface area contributed by atoms with Crippen LogP contribution in [-0.2, 0) is 10.8 Å². The van der Waals surface area contributed by atoms with Crippen molar-refractivity contribution < 1.29 is 38.1 Å². The van der Waals surface area contributed by atoms with Gasteiger partial charge in [0.25, 0.3) is 0 Å². The van der Waals surface area contributed by atoms with Crippen LogP contribution in [0.3, 0.4) is 0 Å². The molecule has 0 unspecified atom stereocenters. The van der Waals surface area contributed by atoms with E-state index in [1.54, 1.807) is 194 Å². The molecular formula is C126H72O8. The van der Waals surface area contributed by atoms with Gasteiger partial charge in [-0.25, -0.2) is 19.2 Å². The third-order valence-corrected chi connectivity index (χ3v) is 22.0. The van der Waals surface area contributed by atoms with Crippen molar-refractivity contribution in [3.8, 4) is 169 Å². The van der Waals surface area contributed by atoms with Gasteiger partial charge in [0.05, 0.1) is 33.1 Å². The second kappa shape index (κ2) is 41.9. The lowest BCUT2D eigenvalue weighted by atomic mass is 9.65. The largest absolute Gasteiger partial charge is 0.423 e. The molecule has 0 N–H and O–H groups in total. The number of hydrogen-bond acceptors (Lipinski definition) is 8. The number of carbonyl (C=O) groups is 4. The number of rotatable bonds is 16. The summed E-state index contributed by atoms with van der Waals surface area (Å²) in [6.45, 7) is 0. The van der Waals surface area contributed by atoms with E-state index in [1.165, 1.54) is 0 Å². The van der Waals surface area contributed by atoms with Gasteiger partial charge in [-0.3, -0.25) is 0 Å². The number of hydrogen-bond donors (Lipinski definition) is 0. The predicted octanol–water partition coefficient (Wildman–Crippen LogP) is 22.5. The van der Waals surface area contributed by atoms with E-state index in [0.29, 0.717) is 67.5 Å². The van der Waals surface area contributed by atoms with E-state index in [9.17, 15) is 19.2 Å². The van der Waals surface area contributed by atoms with Gasteiger partial charge in [0.1, 0.15) is 23.0 Å². The van der Waals surface area contributed by atoms with Gasteiger partial charge in [-0.2, -0.15) is 0 Å². The SMILES string of the molecule is C#Cc1ccc(C#Cc2ccc(C(c3ccc(C#Cc4ccc(C#C)cc4)cc3)(c3ccc(C#Cc4ccc(C#C)cc4)cc3)c3ccc(C#Cc4ccc(C#C)cc4)cc3)cc2)cc1.C#Cc1ccc(OC(=O)c2ccc(C(c3ccc(C(=O)Oc4ccc(C#C)cc4)cc3)(c3ccc(C(=O)Oc4ccc(C#C)cc4)cc3)c3ccc(C(=O)Oc4ccc(C#C)cc4)cc3)cc2)cc1. The number of benzene rings is 16. The first-order valence-electron chi connectivity index (χ1n) is 41.9. The van der Waals surface area contributed by atoms with Gasteiger partial charge in [0, 0.05) is 89.0 Å². The first-order valence-corrected chi connectivity index (χ1v) is 41.9. The average molecular weight is 1710 g/mol. The fraction of sp³-hybridized carbons (Fsp3) is 0.0159. The molecule has 0 atom stereocenters. The van der Waals surface area contributed by atoms with Crippen molar-refractivity contribution >= 4 is 23.9 Å². The lowest BCUT2D eigenvalue weighted by molar-refractivity contribution is 0.0725. The van der Waals surface area contributed by atoms with Crippen LogP contribution >= 0.6 is 0 Å². The van der Waals surface area contributed by atoms with E-state index in [2.05, 4.69) is 192 Å². The minimum absolute atomic E-state index is 0.254. The highest BCUT2D eigenvalue weighted by Gasteiger charge is 2.41. The Morgan fingerprint density at radius 1 is 0.149 bits per heavy atom. The minimum Gasteiger partial charge on any atom is -0.423 e. The van der Waals surface area contributed by atoms with Crippen LogP contribution < -0.4 is 18.9 Å². The van der Waals surface area contributed by atoms with E-state index < -0.39 is 34.7 Å².